The SMILES string of the molecule is Cc1nc(-n2cnn(Cc3ccc(F)cc3)c2=O)sc1C(=O)O. The minimum absolute atomic E-state index is 0.0817. The van der Waals surface area contributed by atoms with Gasteiger partial charge < -0.3 is 5.11 Å². The maximum Gasteiger partial charge on any atom is 0.352 e. The van der Waals surface area contributed by atoms with Gasteiger partial charge in [0, 0.05) is 0 Å². The van der Waals surface area contributed by atoms with Gasteiger partial charge in [-0.1, -0.05) is 23.5 Å². The summed E-state index contributed by atoms with van der Waals surface area (Å²) in [6.07, 6.45) is 1.29. The summed E-state index contributed by atoms with van der Waals surface area (Å²) in [4.78, 5) is 27.6. The minimum Gasteiger partial charge on any atom is -0.477 e. The standard InChI is InChI=1S/C14H11FN4O3S/c1-8-11(12(20)21)23-13(17-8)18-7-16-19(14(18)22)6-9-2-4-10(15)5-3-9/h2-5,7H,6H2,1H3,(H,20,21). The van der Waals surface area contributed by atoms with E-state index in [1.54, 1.807) is 19.1 Å². The van der Waals surface area contributed by atoms with E-state index < -0.39 is 11.7 Å². The van der Waals surface area contributed by atoms with Crippen LogP contribution in [-0.2, 0) is 6.54 Å². The van der Waals surface area contributed by atoms with Gasteiger partial charge in [0.05, 0.1) is 12.2 Å². The Balaban J connectivity index is 1.93. The number of aryl methyl sites for hydroxylation is 1. The molecule has 3 aromatic rings. The molecular weight excluding hydrogens is 323 g/mol. The molecule has 0 aliphatic carbocycles. The Bertz CT molecular complexity index is 926. The highest BCUT2D eigenvalue weighted by atomic mass is 32.1. The van der Waals surface area contributed by atoms with E-state index >= 15 is 0 Å². The highest BCUT2D eigenvalue weighted by Crippen LogP contribution is 2.20. The average molecular weight is 334 g/mol. The number of halogens is 1. The van der Waals surface area contributed by atoms with Gasteiger partial charge in [-0.2, -0.15) is 5.10 Å². The van der Waals surface area contributed by atoms with Crippen LogP contribution in [0.3, 0.4) is 0 Å². The summed E-state index contributed by atoms with van der Waals surface area (Å²) in [6, 6.07) is 5.75. The topological polar surface area (TPSA) is 90.0 Å². The molecule has 0 bridgehead atoms. The second-order valence-corrected chi connectivity index (χ2v) is 5.76. The maximum absolute atomic E-state index is 12.9. The van der Waals surface area contributed by atoms with E-state index in [1.807, 2.05) is 0 Å². The molecule has 2 aromatic heterocycles. The van der Waals surface area contributed by atoms with Crippen LogP contribution >= 0.6 is 11.3 Å². The van der Waals surface area contributed by atoms with Gasteiger partial charge in [-0.25, -0.2) is 28.2 Å². The van der Waals surface area contributed by atoms with E-state index in [1.165, 1.54) is 27.7 Å². The van der Waals surface area contributed by atoms with Crippen molar-refractivity contribution in [2.75, 3.05) is 0 Å². The van der Waals surface area contributed by atoms with E-state index in [-0.39, 0.29) is 22.4 Å². The summed E-state index contributed by atoms with van der Waals surface area (Å²) in [7, 11) is 0. The Morgan fingerprint density at radius 2 is 2.04 bits per heavy atom. The second-order valence-electron chi connectivity index (χ2n) is 4.78. The van der Waals surface area contributed by atoms with Crippen LogP contribution in [0, 0.1) is 12.7 Å². The van der Waals surface area contributed by atoms with Crippen molar-refractivity contribution in [2.45, 2.75) is 13.5 Å². The van der Waals surface area contributed by atoms with Gasteiger partial charge in [0.1, 0.15) is 17.0 Å². The van der Waals surface area contributed by atoms with Gasteiger partial charge in [-0.3, -0.25) is 0 Å². The molecule has 1 N–H and O–H groups in total. The Morgan fingerprint density at radius 1 is 1.35 bits per heavy atom. The molecule has 9 heteroatoms. The quantitative estimate of drug-likeness (QED) is 0.784. The predicted molar refractivity (Wildman–Crippen MR) is 80.7 cm³/mol. The number of hydrogen-bond donors (Lipinski definition) is 1. The fourth-order valence-electron chi connectivity index (χ4n) is 2.02. The summed E-state index contributed by atoms with van der Waals surface area (Å²) in [5.74, 6) is -1.44. The Hall–Kier alpha value is -2.81. The van der Waals surface area contributed by atoms with Crippen molar-refractivity contribution >= 4 is 17.3 Å². The lowest BCUT2D eigenvalue weighted by molar-refractivity contribution is 0.0701. The van der Waals surface area contributed by atoms with Crippen LogP contribution in [0.2, 0.25) is 0 Å². The van der Waals surface area contributed by atoms with Gasteiger partial charge in [0.25, 0.3) is 0 Å². The van der Waals surface area contributed by atoms with Gasteiger partial charge in [-0.05, 0) is 24.6 Å². The van der Waals surface area contributed by atoms with Gasteiger partial charge in [0.15, 0.2) is 5.13 Å². The zero-order chi connectivity index (χ0) is 16.6. The van der Waals surface area contributed by atoms with Crippen molar-refractivity contribution in [2.24, 2.45) is 0 Å². The van der Waals surface area contributed by atoms with Crippen molar-refractivity contribution in [1.29, 1.82) is 0 Å². The summed E-state index contributed by atoms with van der Waals surface area (Å²) in [6.45, 7) is 1.75. The first-order valence-electron chi connectivity index (χ1n) is 6.55. The molecule has 0 fully saturated rings. The van der Waals surface area contributed by atoms with Crippen molar-refractivity contribution < 1.29 is 14.3 Å². The molecule has 0 aliphatic rings. The number of aromatic carboxylic acids is 1. The number of hydrogen-bond acceptors (Lipinski definition) is 5. The molecule has 0 spiro atoms. The van der Waals surface area contributed by atoms with Crippen molar-refractivity contribution in [3.63, 3.8) is 0 Å². The number of carbonyl (C=O) groups is 1. The lowest BCUT2D eigenvalue weighted by Crippen LogP contribution is -2.24. The van der Waals surface area contributed by atoms with Crippen LogP contribution in [0.4, 0.5) is 4.39 Å². The fraction of sp³-hybridized carbons (Fsp3) is 0.143. The highest BCUT2D eigenvalue weighted by Gasteiger charge is 2.17. The molecule has 0 saturated heterocycles. The first-order valence-corrected chi connectivity index (χ1v) is 7.37. The predicted octanol–water partition coefficient (Wildman–Crippen LogP) is 1.68. The molecule has 0 unspecified atom stereocenters. The molecule has 0 saturated carbocycles. The monoisotopic (exact) mass is 334 g/mol. The lowest BCUT2D eigenvalue weighted by atomic mass is 10.2. The summed E-state index contributed by atoms with van der Waals surface area (Å²) in [5, 5.41) is 13.3. The molecule has 1 aromatic carbocycles. The molecule has 118 valence electrons. The van der Waals surface area contributed by atoms with E-state index in [2.05, 4.69) is 10.1 Å². The molecule has 0 radical (unpaired) electrons. The summed E-state index contributed by atoms with van der Waals surface area (Å²) >= 11 is 0.906. The third kappa shape index (κ3) is 2.90. The minimum atomic E-state index is -1.09. The second kappa shape index (κ2) is 5.76. The van der Waals surface area contributed by atoms with Crippen LogP contribution < -0.4 is 5.69 Å². The van der Waals surface area contributed by atoms with Crippen LogP contribution in [0.5, 0.6) is 0 Å². The molecule has 2 heterocycles. The number of nitrogens with zero attached hydrogens (tertiary/aromatic N) is 4. The zero-order valence-electron chi connectivity index (χ0n) is 11.9. The third-order valence-electron chi connectivity index (χ3n) is 3.16. The number of carboxylic acid groups (broad SMARTS) is 1. The normalized spacial score (nSPS) is 10.9. The summed E-state index contributed by atoms with van der Waals surface area (Å²) in [5.41, 5.74) is 0.621. The third-order valence-corrected chi connectivity index (χ3v) is 4.31. The number of rotatable bonds is 4. The molecule has 23 heavy (non-hydrogen) atoms. The van der Waals surface area contributed by atoms with Crippen molar-refractivity contribution in [3.8, 4) is 5.13 Å². The van der Waals surface area contributed by atoms with Crippen LogP contribution in [0.1, 0.15) is 20.9 Å². The molecule has 0 atom stereocenters. The zero-order valence-corrected chi connectivity index (χ0v) is 12.7. The first-order chi connectivity index (χ1) is 11.0. The summed E-state index contributed by atoms with van der Waals surface area (Å²) < 4.78 is 15.3. The van der Waals surface area contributed by atoms with E-state index in [0.29, 0.717) is 5.69 Å². The van der Waals surface area contributed by atoms with E-state index in [9.17, 15) is 14.0 Å². The Labute approximate surface area is 133 Å². The fourth-order valence-corrected chi connectivity index (χ4v) is 2.89. The molecule has 0 amide bonds. The molecular formula is C14H11FN4O3S. The van der Waals surface area contributed by atoms with Crippen LogP contribution in [0.25, 0.3) is 5.13 Å². The number of benzene rings is 1. The largest absolute Gasteiger partial charge is 0.477 e. The van der Waals surface area contributed by atoms with Crippen molar-refractivity contribution in [3.05, 3.63) is 63.0 Å². The van der Waals surface area contributed by atoms with Gasteiger partial charge in [0.2, 0.25) is 0 Å². The van der Waals surface area contributed by atoms with Gasteiger partial charge in [-0.15, -0.1) is 0 Å². The average Bonchev–Trinajstić information content (AvgIpc) is 3.05. The lowest BCUT2D eigenvalue weighted by Gasteiger charge is -2.00. The number of aromatic nitrogens is 4. The Morgan fingerprint density at radius 3 is 2.65 bits per heavy atom. The highest BCUT2D eigenvalue weighted by molar-refractivity contribution is 7.16. The van der Waals surface area contributed by atoms with Crippen LogP contribution in [-0.4, -0.2) is 30.4 Å². The van der Waals surface area contributed by atoms with E-state index in [0.717, 1.165) is 16.9 Å². The maximum atomic E-state index is 12.9. The number of thiazole rings is 1. The molecule has 3 rings (SSSR count). The molecule has 7 nitrogen and oxygen atoms in total. The molecule has 0 aliphatic heterocycles. The first kappa shape index (κ1) is 15.1. The van der Waals surface area contributed by atoms with E-state index in [4.69, 9.17) is 5.11 Å². The van der Waals surface area contributed by atoms with Gasteiger partial charge >= 0.3 is 11.7 Å². The Kier molecular flexibility index (Phi) is 3.78. The number of carboxylic acids is 1. The smallest absolute Gasteiger partial charge is 0.352 e. The van der Waals surface area contributed by atoms with Crippen LogP contribution in [0.15, 0.2) is 35.4 Å². The van der Waals surface area contributed by atoms with Crippen molar-refractivity contribution in [1.82, 2.24) is 19.3 Å².